The van der Waals surface area contributed by atoms with Gasteiger partial charge in [-0.05, 0) is 61.7 Å². The lowest BCUT2D eigenvalue weighted by Crippen LogP contribution is -2.51. The van der Waals surface area contributed by atoms with Gasteiger partial charge in [-0.1, -0.05) is 48.5 Å². The van der Waals surface area contributed by atoms with E-state index in [1.807, 2.05) is 42.5 Å². The number of benzene rings is 3. The first-order chi connectivity index (χ1) is 18.1. The molecule has 7 rings (SSSR count). The molecule has 3 aliphatic heterocycles. The van der Waals surface area contributed by atoms with Crippen LogP contribution < -0.4 is 15.0 Å². The number of fused-ring (bicyclic) bond motifs is 4. The first-order valence-electron chi connectivity index (χ1n) is 13.5. The minimum Gasteiger partial charge on any atom is -0.462 e. The summed E-state index contributed by atoms with van der Waals surface area (Å²) in [5, 5.41) is 6.54. The number of hydrogen-bond donors (Lipinski definition) is 1. The number of likely N-dealkylation sites (tertiary alicyclic amines) is 1. The van der Waals surface area contributed by atoms with E-state index in [0.717, 1.165) is 53.6 Å². The van der Waals surface area contributed by atoms with E-state index in [1.54, 1.807) is 0 Å². The van der Waals surface area contributed by atoms with Crippen molar-refractivity contribution in [3.8, 4) is 17.1 Å². The number of likely N-dealkylation sites (N-methyl/N-ethyl adjacent to an activating group) is 1. The number of nitrogens with one attached hydrogen (secondary N) is 1. The van der Waals surface area contributed by atoms with Gasteiger partial charge in [0.2, 0.25) is 0 Å². The highest BCUT2D eigenvalue weighted by Gasteiger charge is 2.34. The van der Waals surface area contributed by atoms with Gasteiger partial charge in [0.05, 0.1) is 0 Å². The topological polar surface area (TPSA) is 53.5 Å². The van der Waals surface area contributed by atoms with Crippen LogP contribution in [0, 0.1) is 5.82 Å². The second kappa shape index (κ2) is 9.23. The summed E-state index contributed by atoms with van der Waals surface area (Å²) in [5.41, 5.74) is 1.75. The number of halogens is 1. The lowest BCUT2D eigenvalue weighted by atomic mass is 9.97. The van der Waals surface area contributed by atoms with Crippen molar-refractivity contribution < 1.29 is 9.13 Å². The van der Waals surface area contributed by atoms with Crippen LogP contribution in [-0.4, -0.2) is 66.3 Å². The highest BCUT2D eigenvalue weighted by atomic mass is 19.1. The van der Waals surface area contributed by atoms with Crippen LogP contribution >= 0.6 is 0 Å². The van der Waals surface area contributed by atoms with Crippen LogP contribution in [0.5, 0.6) is 6.01 Å². The normalized spacial score (nSPS) is 23.8. The van der Waals surface area contributed by atoms with Crippen molar-refractivity contribution in [2.45, 2.75) is 43.8 Å². The number of hydrogen-bond acceptors (Lipinski definition) is 6. The molecule has 3 fully saturated rings. The first-order valence-corrected chi connectivity index (χ1v) is 13.5. The van der Waals surface area contributed by atoms with Crippen molar-refractivity contribution in [1.82, 2.24) is 20.2 Å². The van der Waals surface area contributed by atoms with E-state index in [0.29, 0.717) is 35.8 Å². The number of anilines is 1. The standard InChI is InChI=1S/C30H32FN5O/c1-35-15-5-8-22(35)18-37-30-33-28-26(29(34-30)36-16-20-11-12-21(17-36)32-20)14-13-25(27(28)31)24-10-4-7-19-6-2-3-9-23(19)24/h2-4,6-7,9-10,13-14,20-22,32H,5,8,11-12,15-18H2,1H3/t20?,21?,22-/m0/s1. The number of nitrogens with zero attached hydrogens (tertiary/aromatic N) is 4. The van der Waals surface area contributed by atoms with Crippen LogP contribution in [-0.2, 0) is 0 Å². The average molecular weight is 498 g/mol. The molecule has 0 spiro atoms. The van der Waals surface area contributed by atoms with Crippen LogP contribution in [0.4, 0.5) is 10.2 Å². The van der Waals surface area contributed by atoms with Gasteiger partial charge in [0, 0.05) is 42.2 Å². The summed E-state index contributed by atoms with van der Waals surface area (Å²) in [5.74, 6) is 0.458. The third kappa shape index (κ3) is 4.10. The quantitative estimate of drug-likeness (QED) is 0.419. The third-order valence-corrected chi connectivity index (χ3v) is 8.44. The molecule has 3 atom stereocenters. The lowest BCUT2D eigenvalue weighted by Gasteiger charge is -2.34. The van der Waals surface area contributed by atoms with Gasteiger partial charge >= 0.3 is 6.01 Å². The van der Waals surface area contributed by atoms with Crippen LogP contribution in [0.2, 0.25) is 0 Å². The molecule has 2 unspecified atom stereocenters. The van der Waals surface area contributed by atoms with E-state index < -0.39 is 0 Å². The Bertz CT molecular complexity index is 1460. The summed E-state index contributed by atoms with van der Waals surface area (Å²) < 4.78 is 22.6. The molecule has 7 heteroatoms. The Balaban J connectivity index is 1.34. The molecule has 3 saturated heterocycles. The summed E-state index contributed by atoms with van der Waals surface area (Å²) in [6.07, 6.45) is 4.60. The highest BCUT2D eigenvalue weighted by Crippen LogP contribution is 2.37. The Kier molecular flexibility index (Phi) is 5.70. The maximum atomic E-state index is 16.4. The highest BCUT2D eigenvalue weighted by molar-refractivity contribution is 6.00. The van der Waals surface area contributed by atoms with Crippen molar-refractivity contribution in [2.24, 2.45) is 0 Å². The van der Waals surface area contributed by atoms with Gasteiger partial charge in [-0.3, -0.25) is 0 Å². The maximum Gasteiger partial charge on any atom is 0.319 e. The lowest BCUT2D eigenvalue weighted by molar-refractivity contribution is 0.188. The minimum absolute atomic E-state index is 0.266. The van der Waals surface area contributed by atoms with E-state index in [1.165, 1.54) is 19.3 Å². The number of aromatic nitrogens is 2. The molecule has 190 valence electrons. The van der Waals surface area contributed by atoms with Crippen LogP contribution in [0.15, 0.2) is 54.6 Å². The van der Waals surface area contributed by atoms with Gasteiger partial charge in [-0.15, -0.1) is 0 Å². The van der Waals surface area contributed by atoms with Gasteiger partial charge in [0.15, 0.2) is 5.82 Å². The number of ether oxygens (including phenoxy) is 1. The van der Waals surface area contributed by atoms with Gasteiger partial charge in [-0.2, -0.15) is 9.97 Å². The Morgan fingerprint density at radius 1 is 0.919 bits per heavy atom. The fourth-order valence-electron chi connectivity index (χ4n) is 6.43. The van der Waals surface area contributed by atoms with Crippen LogP contribution in [0.3, 0.4) is 0 Å². The minimum atomic E-state index is -0.321. The zero-order chi connectivity index (χ0) is 24.9. The fraction of sp³-hybridized carbons (Fsp3) is 0.400. The molecule has 4 heterocycles. The van der Waals surface area contributed by atoms with Gasteiger partial charge in [-0.25, -0.2) is 4.39 Å². The zero-order valence-electron chi connectivity index (χ0n) is 21.2. The van der Waals surface area contributed by atoms with E-state index >= 15 is 4.39 Å². The monoisotopic (exact) mass is 497 g/mol. The van der Waals surface area contributed by atoms with E-state index in [2.05, 4.69) is 39.3 Å². The van der Waals surface area contributed by atoms with Crippen molar-refractivity contribution in [1.29, 1.82) is 0 Å². The summed E-state index contributed by atoms with van der Waals surface area (Å²) in [4.78, 5) is 14.2. The molecule has 0 radical (unpaired) electrons. The Morgan fingerprint density at radius 3 is 2.54 bits per heavy atom. The van der Waals surface area contributed by atoms with Crippen molar-refractivity contribution in [3.63, 3.8) is 0 Å². The molecule has 3 aliphatic rings. The average Bonchev–Trinajstić information content (AvgIpc) is 3.50. The van der Waals surface area contributed by atoms with Crippen molar-refractivity contribution >= 4 is 27.5 Å². The second-order valence-electron chi connectivity index (χ2n) is 10.8. The molecule has 2 bridgehead atoms. The zero-order valence-corrected chi connectivity index (χ0v) is 21.2. The largest absolute Gasteiger partial charge is 0.462 e. The summed E-state index contributed by atoms with van der Waals surface area (Å²) >= 11 is 0. The molecule has 3 aromatic carbocycles. The molecule has 6 nitrogen and oxygen atoms in total. The number of rotatable bonds is 5. The van der Waals surface area contributed by atoms with Crippen molar-refractivity contribution in [3.05, 3.63) is 60.4 Å². The Labute approximate surface area is 216 Å². The molecule has 1 N–H and O–H groups in total. The molecule has 37 heavy (non-hydrogen) atoms. The van der Waals surface area contributed by atoms with Crippen LogP contribution in [0.1, 0.15) is 25.7 Å². The predicted molar refractivity (Wildman–Crippen MR) is 146 cm³/mol. The smallest absolute Gasteiger partial charge is 0.319 e. The molecule has 4 aromatic rings. The van der Waals surface area contributed by atoms with Crippen LogP contribution in [0.25, 0.3) is 32.8 Å². The molecular weight excluding hydrogens is 465 g/mol. The van der Waals surface area contributed by atoms with Gasteiger partial charge in [0.1, 0.15) is 17.9 Å². The molecule has 0 amide bonds. The predicted octanol–water partition coefficient (Wildman–Crippen LogP) is 5.00. The third-order valence-electron chi connectivity index (χ3n) is 8.44. The molecule has 1 aromatic heterocycles. The Hall–Kier alpha value is -3.29. The summed E-state index contributed by atoms with van der Waals surface area (Å²) in [7, 11) is 2.13. The number of piperazine rings is 1. The first kappa shape index (κ1) is 22.9. The van der Waals surface area contributed by atoms with E-state index in [9.17, 15) is 0 Å². The van der Waals surface area contributed by atoms with Gasteiger partial charge < -0.3 is 19.9 Å². The van der Waals surface area contributed by atoms with Crippen molar-refractivity contribution in [2.75, 3.05) is 38.2 Å². The fourth-order valence-corrected chi connectivity index (χ4v) is 6.43. The Morgan fingerprint density at radius 2 is 1.73 bits per heavy atom. The molecular formula is C30H32FN5O. The summed E-state index contributed by atoms with van der Waals surface area (Å²) in [6.45, 7) is 3.31. The van der Waals surface area contributed by atoms with E-state index in [-0.39, 0.29) is 11.8 Å². The SMILES string of the molecule is CN1CCC[C@H]1COc1nc(N2CC3CCC(C2)N3)c2ccc(-c3cccc4ccccc34)c(F)c2n1. The summed E-state index contributed by atoms with van der Waals surface area (Å²) in [6, 6.07) is 19.5. The molecule has 0 aliphatic carbocycles. The maximum absolute atomic E-state index is 16.4. The second-order valence-corrected chi connectivity index (χ2v) is 10.8. The van der Waals surface area contributed by atoms with E-state index in [4.69, 9.17) is 9.72 Å². The van der Waals surface area contributed by atoms with Gasteiger partial charge in [0.25, 0.3) is 0 Å². The molecule has 0 saturated carbocycles.